The summed E-state index contributed by atoms with van der Waals surface area (Å²) >= 11 is 0. The summed E-state index contributed by atoms with van der Waals surface area (Å²) in [5, 5.41) is 0. The molecule has 0 saturated carbocycles. The number of anilines is 1. The van der Waals surface area contributed by atoms with Gasteiger partial charge < -0.3 is 4.90 Å². The van der Waals surface area contributed by atoms with E-state index in [1.807, 2.05) is 12.1 Å². The third-order valence-electron chi connectivity index (χ3n) is 3.71. The maximum atomic E-state index is 5.37. The molecule has 0 radical (unpaired) electrons. The van der Waals surface area contributed by atoms with Gasteiger partial charge in [-0.15, -0.1) is 6.42 Å². The van der Waals surface area contributed by atoms with Crippen LogP contribution in [-0.2, 0) is 0 Å². The Balaban J connectivity index is 1.94. The van der Waals surface area contributed by atoms with E-state index in [4.69, 9.17) is 6.42 Å². The molecular weight excluding hydrogens is 206 g/mol. The molecule has 1 aromatic rings. The Labute approximate surface area is 105 Å². The highest BCUT2D eigenvalue weighted by atomic mass is 15.1. The van der Waals surface area contributed by atoms with Gasteiger partial charge in [-0.1, -0.05) is 25.7 Å². The van der Waals surface area contributed by atoms with Gasteiger partial charge in [0.1, 0.15) is 0 Å². The predicted molar refractivity (Wildman–Crippen MR) is 74.2 cm³/mol. The molecule has 0 bridgehead atoms. The highest BCUT2D eigenvalue weighted by Crippen LogP contribution is 2.25. The molecule has 1 heterocycles. The highest BCUT2D eigenvalue weighted by molar-refractivity contribution is 5.50. The highest BCUT2D eigenvalue weighted by Gasteiger charge is 2.18. The zero-order valence-corrected chi connectivity index (χ0v) is 10.7. The first kappa shape index (κ1) is 12.0. The summed E-state index contributed by atoms with van der Waals surface area (Å²) in [7, 11) is 0. The van der Waals surface area contributed by atoms with Crippen LogP contribution in [0.5, 0.6) is 0 Å². The van der Waals surface area contributed by atoms with Crippen LogP contribution in [0.25, 0.3) is 0 Å². The summed E-state index contributed by atoms with van der Waals surface area (Å²) in [5.74, 6) is 3.61. The number of nitrogens with zero attached hydrogens (tertiary/aromatic N) is 1. The SMILES string of the molecule is C#Cc1ccc(N2CCC(CCC)CC2)cc1. The lowest BCUT2D eigenvalue weighted by Crippen LogP contribution is -2.33. The van der Waals surface area contributed by atoms with E-state index < -0.39 is 0 Å². The van der Waals surface area contributed by atoms with E-state index in [1.54, 1.807) is 0 Å². The summed E-state index contributed by atoms with van der Waals surface area (Å²) in [6.45, 7) is 4.67. The molecule has 1 saturated heterocycles. The minimum atomic E-state index is 0.946. The van der Waals surface area contributed by atoms with Gasteiger partial charge in [-0.05, 0) is 43.0 Å². The molecule has 0 atom stereocenters. The van der Waals surface area contributed by atoms with Gasteiger partial charge in [0.05, 0.1) is 0 Å². The first-order valence-corrected chi connectivity index (χ1v) is 6.65. The van der Waals surface area contributed by atoms with Gasteiger partial charge in [-0.2, -0.15) is 0 Å². The molecule has 1 fully saturated rings. The fourth-order valence-corrected chi connectivity index (χ4v) is 2.66. The second kappa shape index (κ2) is 5.77. The summed E-state index contributed by atoms with van der Waals surface area (Å²) in [5.41, 5.74) is 2.29. The van der Waals surface area contributed by atoms with Crippen LogP contribution in [0.3, 0.4) is 0 Å². The maximum Gasteiger partial charge on any atom is 0.0367 e. The number of hydrogen-bond donors (Lipinski definition) is 0. The Hall–Kier alpha value is -1.42. The standard InChI is InChI=1S/C16H21N/c1-3-5-15-10-12-17(13-11-15)16-8-6-14(4-2)7-9-16/h2,6-9,15H,3,5,10-13H2,1H3. The van der Waals surface area contributed by atoms with Crippen LogP contribution in [0, 0.1) is 18.3 Å². The number of benzene rings is 1. The molecule has 0 unspecified atom stereocenters. The van der Waals surface area contributed by atoms with Gasteiger partial charge in [0.15, 0.2) is 0 Å². The first-order chi connectivity index (χ1) is 8.33. The minimum absolute atomic E-state index is 0.946. The normalized spacial score (nSPS) is 16.8. The predicted octanol–water partition coefficient (Wildman–Crippen LogP) is 3.68. The van der Waals surface area contributed by atoms with Crippen molar-refractivity contribution in [1.82, 2.24) is 0 Å². The monoisotopic (exact) mass is 227 g/mol. The third kappa shape index (κ3) is 3.03. The summed E-state index contributed by atoms with van der Waals surface area (Å²) in [4.78, 5) is 2.48. The lowest BCUT2D eigenvalue weighted by molar-refractivity contribution is 0.378. The molecule has 1 aliphatic heterocycles. The molecule has 1 heteroatoms. The zero-order valence-electron chi connectivity index (χ0n) is 10.7. The van der Waals surface area contributed by atoms with Crippen LogP contribution < -0.4 is 4.90 Å². The molecule has 0 amide bonds. The fourth-order valence-electron chi connectivity index (χ4n) is 2.66. The Morgan fingerprint density at radius 3 is 2.41 bits per heavy atom. The maximum absolute atomic E-state index is 5.37. The van der Waals surface area contributed by atoms with Crippen LogP contribution in [0.1, 0.15) is 38.2 Å². The molecule has 1 aromatic carbocycles. The number of terminal acetylenes is 1. The average molecular weight is 227 g/mol. The first-order valence-electron chi connectivity index (χ1n) is 6.65. The average Bonchev–Trinajstić information content (AvgIpc) is 2.40. The van der Waals surface area contributed by atoms with Gasteiger partial charge in [-0.3, -0.25) is 0 Å². The van der Waals surface area contributed by atoms with Crippen molar-refractivity contribution in [1.29, 1.82) is 0 Å². The van der Waals surface area contributed by atoms with E-state index in [-0.39, 0.29) is 0 Å². The molecule has 0 spiro atoms. The van der Waals surface area contributed by atoms with Crippen molar-refractivity contribution >= 4 is 5.69 Å². The van der Waals surface area contributed by atoms with Crippen LogP contribution in [0.2, 0.25) is 0 Å². The second-order valence-corrected chi connectivity index (χ2v) is 4.91. The van der Waals surface area contributed by atoms with E-state index in [9.17, 15) is 0 Å². The summed E-state index contributed by atoms with van der Waals surface area (Å²) in [6.07, 6.45) is 10.8. The second-order valence-electron chi connectivity index (χ2n) is 4.91. The Morgan fingerprint density at radius 1 is 1.24 bits per heavy atom. The molecule has 2 rings (SSSR count). The molecule has 0 N–H and O–H groups in total. The lowest BCUT2D eigenvalue weighted by atomic mass is 9.92. The van der Waals surface area contributed by atoms with Crippen molar-refractivity contribution in [3.8, 4) is 12.3 Å². The Kier molecular flexibility index (Phi) is 4.09. The smallest absolute Gasteiger partial charge is 0.0367 e. The van der Waals surface area contributed by atoms with Gasteiger partial charge in [-0.25, -0.2) is 0 Å². The molecule has 1 nitrogen and oxygen atoms in total. The van der Waals surface area contributed by atoms with Crippen LogP contribution in [0.4, 0.5) is 5.69 Å². The van der Waals surface area contributed by atoms with Crippen molar-refractivity contribution < 1.29 is 0 Å². The largest absolute Gasteiger partial charge is 0.372 e. The van der Waals surface area contributed by atoms with E-state index in [0.29, 0.717) is 0 Å². The van der Waals surface area contributed by atoms with E-state index >= 15 is 0 Å². The van der Waals surface area contributed by atoms with Gasteiger partial charge in [0, 0.05) is 24.3 Å². The number of rotatable bonds is 3. The van der Waals surface area contributed by atoms with E-state index in [2.05, 4.69) is 29.9 Å². The number of piperidine rings is 1. The van der Waals surface area contributed by atoms with Crippen LogP contribution in [0.15, 0.2) is 24.3 Å². The van der Waals surface area contributed by atoms with Crippen molar-refractivity contribution in [3.05, 3.63) is 29.8 Å². The van der Waals surface area contributed by atoms with Crippen LogP contribution >= 0.6 is 0 Å². The lowest BCUT2D eigenvalue weighted by Gasteiger charge is -2.33. The zero-order chi connectivity index (χ0) is 12.1. The number of hydrogen-bond acceptors (Lipinski definition) is 1. The molecule has 0 aliphatic carbocycles. The Bertz CT molecular complexity index is 377. The topological polar surface area (TPSA) is 3.24 Å². The Morgan fingerprint density at radius 2 is 1.88 bits per heavy atom. The quantitative estimate of drug-likeness (QED) is 0.712. The van der Waals surface area contributed by atoms with Gasteiger partial charge in [0.2, 0.25) is 0 Å². The van der Waals surface area contributed by atoms with Crippen molar-refractivity contribution in [2.24, 2.45) is 5.92 Å². The van der Waals surface area contributed by atoms with Crippen molar-refractivity contribution in [3.63, 3.8) is 0 Å². The van der Waals surface area contributed by atoms with Crippen LogP contribution in [-0.4, -0.2) is 13.1 Å². The molecule has 1 aliphatic rings. The van der Waals surface area contributed by atoms with Crippen molar-refractivity contribution in [2.75, 3.05) is 18.0 Å². The molecule has 0 aromatic heterocycles. The van der Waals surface area contributed by atoms with Gasteiger partial charge in [0.25, 0.3) is 0 Å². The van der Waals surface area contributed by atoms with E-state index in [0.717, 1.165) is 11.5 Å². The molecular formula is C16H21N. The molecule has 90 valence electrons. The summed E-state index contributed by atoms with van der Waals surface area (Å²) < 4.78 is 0. The fraction of sp³-hybridized carbons (Fsp3) is 0.500. The van der Waals surface area contributed by atoms with E-state index in [1.165, 1.54) is 44.5 Å². The third-order valence-corrected chi connectivity index (χ3v) is 3.71. The molecule has 17 heavy (non-hydrogen) atoms. The van der Waals surface area contributed by atoms with Gasteiger partial charge >= 0.3 is 0 Å². The minimum Gasteiger partial charge on any atom is -0.372 e. The van der Waals surface area contributed by atoms with Crippen molar-refractivity contribution in [2.45, 2.75) is 32.6 Å². The summed E-state index contributed by atoms with van der Waals surface area (Å²) in [6, 6.07) is 8.37.